The Morgan fingerprint density at radius 1 is 1.14 bits per heavy atom. The number of aryl methyl sites for hydroxylation is 1. The van der Waals surface area contributed by atoms with Crippen molar-refractivity contribution in [1.29, 1.82) is 0 Å². The fourth-order valence-electron chi connectivity index (χ4n) is 3.12. The fourth-order valence-corrected chi connectivity index (χ4v) is 3.12. The topological polar surface area (TPSA) is 64.3 Å². The summed E-state index contributed by atoms with van der Waals surface area (Å²) in [5.41, 5.74) is 1.84. The van der Waals surface area contributed by atoms with Crippen molar-refractivity contribution in [3.05, 3.63) is 84.2 Å². The summed E-state index contributed by atoms with van der Waals surface area (Å²) >= 11 is 0. The van der Waals surface area contributed by atoms with Crippen LogP contribution < -0.4 is 4.74 Å². The third kappa shape index (κ3) is 5.94. The van der Waals surface area contributed by atoms with Crippen molar-refractivity contribution in [3.63, 3.8) is 0 Å². The molecule has 1 unspecified atom stereocenters. The molecule has 0 spiro atoms. The summed E-state index contributed by atoms with van der Waals surface area (Å²) in [6, 6.07) is 13.7. The number of carbonyl (C=O) groups is 1. The van der Waals surface area contributed by atoms with E-state index in [-0.39, 0.29) is 18.2 Å². The van der Waals surface area contributed by atoms with Crippen molar-refractivity contribution in [3.8, 4) is 5.75 Å². The predicted molar refractivity (Wildman–Crippen MR) is 104 cm³/mol. The summed E-state index contributed by atoms with van der Waals surface area (Å²) in [6.45, 7) is 1.46. The van der Waals surface area contributed by atoms with Gasteiger partial charge >= 0.3 is 5.97 Å². The van der Waals surface area contributed by atoms with E-state index >= 15 is 0 Å². The Labute approximate surface area is 163 Å². The van der Waals surface area contributed by atoms with Crippen molar-refractivity contribution >= 4 is 5.97 Å². The summed E-state index contributed by atoms with van der Waals surface area (Å²) in [7, 11) is 0. The zero-order valence-electron chi connectivity index (χ0n) is 15.5. The number of ether oxygens (including phenoxy) is 1. The van der Waals surface area contributed by atoms with Crippen LogP contribution in [0.3, 0.4) is 0 Å². The SMILES string of the molecule is O=C(O)CC(Cc1ccc(OCCCn2ccnc2)cc1)c1ccc(F)cc1. The molecular formula is C22H23FN2O3. The maximum atomic E-state index is 13.2. The number of hydrogen-bond acceptors (Lipinski definition) is 3. The first-order valence-electron chi connectivity index (χ1n) is 9.25. The summed E-state index contributed by atoms with van der Waals surface area (Å²) in [4.78, 5) is 15.2. The van der Waals surface area contributed by atoms with Gasteiger partial charge in [-0.2, -0.15) is 0 Å². The highest BCUT2D eigenvalue weighted by Gasteiger charge is 2.16. The van der Waals surface area contributed by atoms with Crippen LogP contribution in [0.2, 0.25) is 0 Å². The number of imidazole rings is 1. The standard InChI is InChI=1S/C22H23FN2O3/c23-20-6-4-18(5-7-20)19(15-22(26)27)14-17-2-8-21(9-3-17)28-13-1-11-25-12-10-24-16-25/h2-10,12,16,19H,1,11,13-15H2,(H,26,27). The molecule has 2 aromatic carbocycles. The Balaban J connectivity index is 1.54. The van der Waals surface area contributed by atoms with E-state index in [0.29, 0.717) is 13.0 Å². The number of carboxylic acids is 1. The molecule has 0 aliphatic carbocycles. The Morgan fingerprint density at radius 3 is 2.54 bits per heavy atom. The normalized spacial score (nSPS) is 11.9. The van der Waals surface area contributed by atoms with E-state index in [0.717, 1.165) is 29.8 Å². The van der Waals surface area contributed by atoms with Crippen molar-refractivity contribution in [2.75, 3.05) is 6.61 Å². The Kier molecular flexibility index (Phi) is 6.78. The number of rotatable bonds is 10. The van der Waals surface area contributed by atoms with Gasteiger partial charge in [0.1, 0.15) is 11.6 Å². The van der Waals surface area contributed by atoms with Gasteiger partial charge in [0.2, 0.25) is 0 Å². The lowest BCUT2D eigenvalue weighted by Gasteiger charge is -2.16. The van der Waals surface area contributed by atoms with Crippen molar-refractivity contribution in [2.45, 2.75) is 31.7 Å². The largest absolute Gasteiger partial charge is 0.494 e. The number of aromatic nitrogens is 2. The lowest BCUT2D eigenvalue weighted by Crippen LogP contribution is -2.09. The molecular weight excluding hydrogens is 359 g/mol. The summed E-state index contributed by atoms with van der Waals surface area (Å²) in [5.74, 6) is -0.620. The monoisotopic (exact) mass is 382 g/mol. The third-order valence-electron chi connectivity index (χ3n) is 4.56. The summed E-state index contributed by atoms with van der Waals surface area (Å²) in [5, 5.41) is 9.21. The molecule has 0 aliphatic heterocycles. The highest BCUT2D eigenvalue weighted by Crippen LogP contribution is 2.26. The van der Waals surface area contributed by atoms with Gasteiger partial charge in [0.05, 0.1) is 19.4 Å². The second kappa shape index (κ2) is 9.69. The minimum atomic E-state index is -0.868. The molecule has 0 fully saturated rings. The molecule has 0 bridgehead atoms. The smallest absolute Gasteiger partial charge is 0.303 e. The maximum Gasteiger partial charge on any atom is 0.303 e. The molecule has 1 atom stereocenters. The van der Waals surface area contributed by atoms with Crippen LogP contribution in [-0.4, -0.2) is 27.2 Å². The van der Waals surface area contributed by atoms with Crippen molar-refractivity contribution in [1.82, 2.24) is 9.55 Å². The molecule has 1 heterocycles. The van der Waals surface area contributed by atoms with Gasteiger partial charge in [-0.05, 0) is 54.2 Å². The highest BCUT2D eigenvalue weighted by molar-refractivity contribution is 5.68. The molecule has 1 aromatic heterocycles. The van der Waals surface area contributed by atoms with Gasteiger partial charge in [-0.15, -0.1) is 0 Å². The van der Waals surface area contributed by atoms with Crippen LogP contribution in [0.4, 0.5) is 4.39 Å². The van der Waals surface area contributed by atoms with Gasteiger partial charge in [-0.25, -0.2) is 9.37 Å². The number of nitrogens with zero attached hydrogens (tertiary/aromatic N) is 2. The van der Waals surface area contributed by atoms with Gasteiger partial charge in [0.25, 0.3) is 0 Å². The number of hydrogen-bond donors (Lipinski definition) is 1. The van der Waals surface area contributed by atoms with Crippen LogP contribution in [0.5, 0.6) is 5.75 Å². The molecule has 6 heteroatoms. The van der Waals surface area contributed by atoms with E-state index in [2.05, 4.69) is 4.98 Å². The number of benzene rings is 2. The van der Waals surface area contributed by atoms with Crippen LogP contribution in [0, 0.1) is 5.82 Å². The molecule has 0 radical (unpaired) electrons. The van der Waals surface area contributed by atoms with Gasteiger partial charge in [-0.1, -0.05) is 24.3 Å². The number of carboxylic acid groups (broad SMARTS) is 1. The van der Waals surface area contributed by atoms with E-state index in [1.165, 1.54) is 12.1 Å². The number of aliphatic carboxylic acids is 1. The summed E-state index contributed by atoms with van der Waals surface area (Å²) < 4.78 is 20.9. The van der Waals surface area contributed by atoms with Gasteiger partial charge < -0.3 is 14.4 Å². The molecule has 146 valence electrons. The van der Waals surface area contributed by atoms with Crippen LogP contribution >= 0.6 is 0 Å². The molecule has 3 rings (SSSR count). The predicted octanol–water partition coefficient (Wildman–Crippen LogP) is 4.29. The summed E-state index contributed by atoms with van der Waals surface area (Å²) in [6.07, 6.45) is 6.90. The highest BCUT2D eigenvalue weighted by atomic mass is 19.1. The lowest BCUT2D eigenvalue weighted by atomic mass is 9.89. The van der Waals surface area contributed by atoms with E-state index in [1.807, 2.05) is 35.0 Å². The minimum absolute atomic E-state index is 0.00185. The van der Waals surface area contributed by atoms with Crippen molar-refractivity contribution in [2.24, 2.45) is 0 Å². The fraction of sp³-hybridized carbons (Fsp3) is 0.273. The van der Waals surface area contributed by atoms with E-state index < -0.39 is 5.97 Å². The van der Waals surface area contributed by atoms with Crippen LogP contribution in [0.1, 0.15) is 29.9 Å². The minimum Gasteiger partial charge on any atom is -0.494 e. The zero-order valence-corrected chi connectivity index (χ0v) is 15.5. The maximum absolute atomic E-state index is 13.2. The van der Waals surface area contributed by atoms with Crippen LogP contribution in [0.25, 0.3) is 0 Å². The quantitative estimate of drug-likeness (QED) is 0.531. The molecule has 1 N–H and O–H groups in total. The van der Waals surface area contributed by atoms with E-state index in [1.54, 1.807) is 24.7 Å². The van der Waals surface area contributed by atoms with E-state index in [9.17, 15) is 14.3 Å². The van der Waals surface area contributed by atoms with Gasteiger partial charge in [0.15, 0.2) is 0 Å². The first kappa shape index (κ1) is 19.6. The molecule has 28 heavy (non-hydrogen) atoms. The van der Waals surface area contributed by atoms with Crippen molar-refractivity contribution < 1.29 is 19.0 Å². The van der Waals surface area contributed by atoms with Gasteiger partial charge in [0, 0.05) is 18.9 Å². The second-order valence-corrected chi connectivity index (χ2v) is 6.70. The average molecular weight is 382 g/mol. The zero-order chi connectivity index (χ0) is 19.8. The average Bonchev–Trinajstić information content (AvgIpc) is 3.20. The molecule has 5 nitrogen and oxygen atoms in total. The Hall–Kier alpha value is -3.15. The Bertz CT molecular complexity index is 862. The van der Waals surface area contributed by atoms with Crippen LogP contribution in [0.15, 0.2) is 67.3 Å². The molecule has 0 saturated heterocycles. The number of halogens is 1. The first-order valence-corrected chi connectivity index (χ1v) is 9.25. The lowest BCUT2D eigenvalue weighted by molar-refractivity contribution is -0.137. The third-order valence-corrected chi connectivity index (χ3v) is 4.56. The molecule has 0 amide bonds. The van der Waals surface area contributed by atoms with Crippen LogP contribution in [-0.2, 0) is 17.8 Å². The van der Waals surface area contributed by atoms with Gasteiger partial charge in [-0.3, -0.25) is 4.79 Å². The molecule has 0 aliphatic rings. The second-order valence-electron chi connectivity index (χ2n) is 6.70. The molecule has 3 aromatic rings. The van der Waals surface area contributed by atoms with E-state index in [4.69, 9.17) is 4.74 Å². The molecule has 0 saturated carbocycles. The Morgan fingerprint density at radius 2 is 1.89 bits per heavy atom. The first-order chi connectivity index (χ1) is 13.6.